The molecule has 1 aromatic rings. The highest BCUT2D eigenvalue weighted by molar-refractivity contribution is 6.09. The van der Waals surface area contributed by atoms with Crippen molar-refractivity contribution in [3.8, 4) is 5.75 Å². The molecule has 1 aliphatic heterocycles. The molecule has 1 aromatic carbocycles. The second-order valence-electron chi connectivity index (χ2n) is 6.40. The highest BCUT2D eigenvalue weighted by atomic mass is 19.4. The van der Waals surface area contributed by atoms with Gasteiger partial charge in [0.1, 0.15) is 17.8 Å². The molecular formula is C16H18F3N3O4. The number of anilines is 1. The Labute approximate surface area is 147 Å². The van der Waals surface area contributed by atoms with Crippen molar-refractivity contribution in [3.05, 3.63) is 23.8 Å². The van der Waals surface area contributed by atoms with Crippen molar-refractivity contribution < 1.29 is 32.3 Å². The normalized spacial score (nSPS) is 16.5. The molecule has 1 saturated heterocycles. The zero-order chi connectivity index (χ0) is 19.7. The van der Waals surface area contributed by atoms with Crippen LogP contribution in [0.25, 0.3) is 0 Å². The molecule has 7 nitrogen and oxygen atoms in total. The van der Waals surface area contributed by atoms with Gasteiger partial charge in [0.2, 0.25) is 5.91 Å². The molecule has 0 unspecified atom stereocenters. The first kappa shape index (κ1) is 19.5. The summed E-state index contributed by atoms with van der Waals surface area (Å²) in [6.07, 6.45) is -4.53. The first-order valence-electron chi connectivity index (χ1n) is 7.63. The molecule has 0 aromatic heterocycles. The van der Waals surface area contributed by atoms with E-state index in [9.17, 15) is 27.6 Å². The average molecular weight is 373 g/mol. The summed E-state index contributed by atoms with van der Waals surface area (Å²) in [4.78, 5) is 36.7. The van der Waals surface area contributed by atoms with Crippen molar-refractivity contribution >= 4 is 23.5 Å². The molecule has 0 atom stereocenters. The summed E-state index contributed by atoms with van der Waals surface area (Å²) in [6.45, 7) is 2.56. The summed E-state index contributed by atoms with van der Waals surface area (Å²) in [6, 6.07) is 3.59. The number of hydrogen-bond donors (Lipinski definition) is 2. The molecule has 142 valence electrons. The van der Waals surface area contributed by atoms with Gasteiger partial charge in [0.25, 0.3) is 5.91 Å². The van der Waals surface area contributed by atoms with Crippen LogP contribution in [0.5, 0.6) is 5.75 Å². The maximum atomic E-state index is 12.4. The van der Waals surface area contributed by atoms with Crippen LogP contribution in [-0.2, 0) is 9.59 Å². The van der Waals surface area contributed by atoms with Gasteiger partial charge in [-0.3, -0.25) is 14.5 Å². The van der Waals surface area contributed by atoms with Crippen LogP contribution >= 0.6 is 0 Å². The molecule has 0 bridgehead atoms. The van der Waals surface area contributed by atoms with Gasteiger partial charge < -0.3 is 15.4 Å². The molecule has 0 saturated carbocycles. The molecule has 1 heterocycles. The minimum atomic E-state index is -4.53. The van der Waals surface area contributed by atoms with Gasteiger partial charge in [-0.15, -0.1) is 0 Å². The Hall–Kier alpha value is -2.78. The van der Waals surface area contributed by atoms with Crippen molar-refractivity contribution in [1.82, 2.24) is 10.2 Å². The number of halogens is 3. The number of carbonyl (C=O) groups excluding carboxylic acids is 3. The summed E-state index contributed by atoms with van der Waals surface area (Å²) < 4.78 is 41.8. The number of nitrogens with zero attached hydrogens (tertiary/aromatic N) is 1. The predicted molar refractivity (Wildman–Crippen MR) is 85.7 cm³/mol. The number of urea groups is 1. The number of alkyl halides is 3. The molecular weight excluding hydrogens is 355 g/mol. The Bertz CT molecular complexity index is 747. The summed E-state index contributed by atoms with van der Waals surface area (Å²) in [5, 5.41) is 4.79. The molecule has 2 rings (SSSR count). The number of hydrogen-bond acceptors (Lipinski definition) is 4. The first-order valence-corrected chi connectivity index (χ1v) is 7.63. The lowest BCUT2D eigenvalue weighted by atomic mass is 10.1. The maximum absolute atomic E-state index is 12.4. The minimum Gasteiger partial charge on any atom is -0.482 e. The van der Waals surface area contributed by atoms with E-state index in [2.05, 4.69) is 10.6 Å². The molecule has 1 aliphatic rings. The van der Waals surface area contributed by atoms with Gasteiger partial charge in [0, 0.05) is 0 Å². The van der Waals surface area contributed by atoms with E-state index in [1.807, 2.05) is 0 Å². The Kier molecular flexibility index (Phi) is 5.15. The van der Waals surface area contributed by atoms with E-state index >= 15 is 0 Å². The van der Waals surface area contributed by atoms with E-state index in [1.165, 1.54) is 26.0 Å². The van der Waals surface area contributed by atoms with Crippen LogP contribution in [0, 0.1) is 6.92 Å². The van der Waals surface area contributed by atoms with Gasteiger partial charge >= 0.3 is 12.2 Å². The number of imide groups is 1. The van der Waals surface area contributed by atoms with Crippen LogP contribution in [0.4, 0.5) is 23.7 Å². The third-order valence-corrected chi connectivity index (χ3v) is 3.55. The van der Waals surface area contributed by atoms with Gasteiger partial charge in [-0.1, -0.05) is 6.07 Å². The molecule has 10 heteroatoms. The monoisotopic (exact) mass is 373 g/mol. The first-order chi connectivity index (χ1) is 11.9. The van der Waals surface area contributed by atoms with Gasteiger partial charge in [0.15, 0.2) is 6.61 Å². The fourth-order valence-corrected chi connectivity index (χ4v) is 2.31. The fraction of sp³-hybridized carbons (Fsp3) is 0.438. The van der Waals surface area contributed by atoms with E-state index in [-0.39, 0.29) is 11.4 Å². The fourth-order valence-electron chi connectivity index (χ4n) is 2.31. The number of carbonyl (C=O) groups is 3. The average Bonchev–Trinajstić information content (AvgIpc) is 2.68. The molecule has 0 radical (unpaired) electrons. The summed E-state index contributed by atoms with van der Waals surface area (Å²) in [5.41, 5.74) is -0.477. The third kappa shape index (κ3) is 4.64. The Balaban J connectivity index is 2.09. The summed E-state index contributed by atoms with van der Waals surface area (Å²) in [7, 11) is 0. The molecule has 0 aliphatic carbocycles. The van der Waals surface area contributed by atoms with Gasteiger partial charge in [-0.2, -0.15) is 13.2 Å². The Morgan fingerprint density at radius 2 is 1.96 bits per heavy atom. The van der Waals surface area contributed by atoms with Crippen molar-refractivity contribution in [2.45, 2.75) is 32.5 Å². The Morgan fingerprint density at radius 3 is 2.50 bits per heavy atom. The number of nitrogens with one attached hydrogen (secondary N) is 2. The second-order valence-corrected chi connectivity index (χ2v) is 6.40. The number of aryl methyl sites for hydroxylation is 1. The minimum absolute atomic E-state index is 0.0103. The summed E-state index contributed by atoms with van der Waals surface area (Å²) in [5.74, 6) is -1.48. The number of ether oxygens (including phenoxy) is 1. The highest BCUT2D eigenvalue weighted by Gasteiger charge is 2.44. The maximum Gasteiger partial charge on any atom is 0.422 e. The van der Waals surface area contributed by atoms with Gasteiger partial charge in [0.05, 0.1) is 5.69 Å². The third-order valence-electron chi connectivity index (χ3n) is 3.55. The summed E-state index contributed by atoms with van der Waals surface area (Å²) >= 11 is 0. The van der Waals surface area contributed by atoms with E-state index in [0.29, 0.717) is 5.56 Å². The predicted octanol–water partition coefficient (Wildman–Crippen LogP) is 2.21. The van der Waals surface area contributed by atoms with E-state index in [1.54, 1.807) is 13.0 Å². The van der Waals surface area contributed by atoms with Crippen molar-refractivity contribution in [2.24, 2.45) is 0 Å². The zero-order valence-corrected chi connectivity index (χ0v) is 14.4. The SMILES string of the molecule is Cc1ccc(NC(=O)CN2C(=O)NC(C)(C)C2=O)c(OCC(F)(F)F)c1. The van der Waals surface area contributed by atoms with Crippen molar-refractivity contribution in [3.63, 3.8) is 0 Å². The largest absolute Gasteiger partial charge is 0.482 e. The van der Waals surface area contributed by atoms with Crippen molar-refractivity contribution in [1.29, 1.82) is 0 Å². The van der Waals surface area contributed by atoms with Gasteiger partial charge in [-0.25, -0.2) is 4.79 Å². The molecule has 26 heavy (non-hydrogen) atoms. The second kappa shape index (κ2) is 6.85. The quantitative estimate of drug-likeness (QED) is 0.775. The number of amides is 4. The van der Waals surface area contributed by atoms with Crippen LogP contribution in [0.15, 0.2) is 18.2 Å². The number of rotatable bonds is 5. The van der Waals surface area contributed by atoms with Crippen molar-refractivity contribution in [2.75, 3.05) is 18.5 Å². The lowest BCUT2D eigenvalue weighted by Crippen LogP contribution is -2.41. The highest BCUT2D eigenvalue weighted by Crippen LogP contribution is 2.28. The lowest BCUT2D eigenvalue weighted by Gasteiger charge is -2.17. The van der Waals surface area contributed by atoms with Crippen LogP contribution in [0.3, 0.4) is 0 Å². The van der Waals surface area contributed by atoms with Crippen LogP contribution < -0.4 is 15.4 Å². The molecule has 1 fully saturated rings. The lowest BCUT2D eigenvalue weighted by molar-refractivity contribution is -0.153. The van der Waals surface area contributed by atoms with Crippen LogP contribution in [0.1, 0.15) is 19.4 Å². The number of benzene rings is 1. The zero-order valence-electron chi connectivity index (χ0n) is 14.4. The van der Waals surface area contributed by atoms with E-state index in [4.69, 9.17) is 4.74 Å². The Morgan fingerprint density at radius 1 is 1.31 bits per heavy atom. The van der Waals surface area contributed by atoms with Crippen LogP contribution in [0.2, 0.25) is 0 Å². The topological polar surface area (TPSA) is 87.7 Å². The molecule has 0 spiro atoms. The van der Waals surface area contributed by atoms with Crippen LogP contribution in [-0.4, -0.2) is 47.6 Å². The van der Waals surface area contributed by atoms with E-state index < -0.39 is 42.7 Å². The smallest absolute Gasteiger partial charge is 0.422 e. The van der Waals surface area contributed by atoms with E-state index in [0.717, 1.165) is 4.90 Å². The molecule has 2 N–H and O–H groups in total. The standard InChI is InChI=1S/C16H18F3N3O4/c1-9-4-5-10(11(6-9)26-8-16(17,18)19)20-12(23)7-22-13(24)15(2,3)21-14(22)25/h4-6H,7-8H2,1-3H3,(H,20,23)(H,21,25). The molecule has 4 amide bonds. The van der Waals surface area contributed by atoms with Gasteiger partial charge in [-0.05, 0) is 38.5 Å².